The van der Waals surface area contributed by atoms with Gasteiger partial charge in [0.15, 0.2) is 0 Å². The Labute approximate surface area is 136 Å². The number of aromatic nitrogens is 1. The predicted octanol–water partition coefficient (Wildman–Crippen LogP) is 2.46. The van der Waals surface area contributed by atoms with Gasteiger partial charge in [-0.25, -0.2) is 0 Å². The SMILES string of the molecule is Cc1cccc(CNC(=O)c2cncc(C(=O)NC(C)C)c2)c1. The molecular formula is C18H21N3O2. The van der Waals surface area contributed by atoms with Crippen molar-refractivity contribution >= 4 is 11.8 Å². The maximum atomic E-state index is 12.2. The lowest BCUT2D eigenvalue weighted by Crippen LogP contribution is -2.30. The third-order valence-electron chi connectivity index (χ3n) is 3.22. The fraction of sp³-hybridized carbons (Fsp3) is 0.278. The van der Waals surface area contributed by atoms with Gasteiger partial charge in [0.05, 0.1) is 11.1 Å². The molecule has 5 nitrogen and oxygen atoms in total. The molecular weight excluding hydrogens is 290 g/mol. The van der Waals surface area contributed by atoms with E-state index in [1.807, 2.05) is 45.0 Å². The Bertz CT molecular complexity index is 711. The summed E-state index contributed by atoms with van der Waals surface area (Å²) in [5, 5.41) is 5.62. The number of aryl methyl sites for hydroxylation is 1. The smallest absolute Gasteiger partial charge is 0.253 e. The number of carbonyl (C=O) groups is 2. The topological polar surface area (TPSA) is 71.1 Å². The van der Waals surface area contributed by atoms with Crippen molar-refractivity contribution in [2.75, 3.05) is 0 Å². The number of nitrogens with one attached hydrogen (secondary N) is 2. The Morgan fingerprint density at radius 1 is 1.09 bits per heavy atom. The van der Waals surface area contributed by atoms with E-state index >= 15 is 0 Å². The normalized spacial score (nSPS) is 10.4. The van der Waals surface area contributed by atoms with Gasteiger partial charge in [-0.1, -0.05) is 29.8 Å². The molecule has 0 radical (unpaired) electrons. The monoisotopic (exact) mass is 311 g/mol. The molecule has 0 fully saturated rings. The molecule has 120 valence electrons. The lowest BCUT2D eigenvalue weighted by atomic mass is 10.1. The minimum Gasteiger partial charge on any atom is -0.350 e. The quantitative estimate of drug-likeness (QED) is 0.891. The molecule has 5 heteroatoms. The zero-order valence-corrected chi connectivity index (χ0v) is 13.6. The first-order valence-corrected chi connectivity index (χ1v) is 7.55. The van der Waals surface area contributed by atoms with E-state index < -0.39 is 0 Å². The minimum atomic E-state index is -0.252. The molecule has 0 aliphatic carbocycles. The number of nitrogens with zero attached hydrogens (tertiary/aromatic N) is 1. The van der Waals surface area contributed by atoms with Gasteiger partial charge >= 0.3 is 0 Å². The van der Waals surface area contributed by atoms with E-state index in [0.717, 1.165) is 11.1 Å². The standard InChI is InChI=1S/C18H21N3O2/c1-12(2)21-18(23)16-8-15(10-19-11-16)17(22)20-9-14-6-4-5-13(3)7-14/h4-8,10-12H,9H2,1-3H3,(H,20,22)(H,21,23). The molecule has 0 atom stereocenters. The van der Waals surface area contributed by atoms with Crippen LogP contribution in [0.2, 0.25) is 0 Å². The Kier molecular flexibility index (Phi) is 5.46. The zero-order valence-electron chi connectivity index (χ0n) is 13.6. The van der Waals surface area contributed by atoms with Gasteiger partial charge in [-0.3, -0.25) is 14.6 Å². The van der Waals surface area contributed by atoms with E-state index in [1.54, 1.807) is 6.07 Å². The van der Waals surface area contributed by atoms with Crippen LogP contribution in [0.5, 0.6) is 0 Å². The number of hydrogen-bond donors (Lipinski definition) is 2. The molecule has 0 unspecified atom stereocenters. The van der Waals surface area contributed by atoms with E-state index in [1.165, 1.54) is 12.4 Å². The third kappa shape index (κ3) is 4.92. The second-order valence-corrected chi connectivity index (χ2v) is 5.76. The summed E-state index contributed by atoms with van der Waals surface area (Å²) in [5.41, 5.74) is 2.92. The Balaban J connectivity index is 2.03. The fourth-order valence-electron chi connectivity index (χ4n) is 2.14. The van der Waals surface area contributed by atoms with Crippen molar-refractivity contribution in [1.82, 2.24) is 15.6 Å². The van der Waals surface area contributed by atoms with Gasteiger partial charge in [-0.05, 0) is 32.4 Å². The van der Waals surface area contributed by atoms with Crippen molar-refractivity contribution in [1.29, 1.82) is 0 Å². The Morgan fingerprint density at radius 2 is 1.78 bits per heavy atom. The van der Waals surface area contributed by atoms with Crippen LogP contribution in [0.15, 0.2) is 42.7 Å². The van der Waals surface area contributed by atoms with Gasteiger partial charge in [0.1, 0.15) is 0 Å². The highest BCUT2D eigenvalue weighted by atomic mass is 16.2. The highest BCUT2D eigenvalue weighted by Crippen LogP contribution is 2.06. The summed E-state index contributed by atoms with van der Waals surface area (Å²) in [6.07, 6.45) is 2.91. The van der Waals surface area contributed by atoms with E-state index in [9.17, 15) is 9.59 Å². The Morgan fingerprint density at radius 3 is 2.43 bits per heavy atom. The number of carbonyl (C=O) groups excluding carboxylic acids is 2. The third-order valence-corrected chi connectivity index (χ3v) is 3.22. The van der Waals surface area contributed by atoms with Crippen molar-refractivity contribution < 1.29 is 9.59 Å². The lowest BCUT2D eigenvalue weighted by molar-refractivity contribution is 0.0942. The first-order valence-electron chi connectivity index (χ1n) is 7.55. The van der Waals surface area contributed by atoms with Crippen LogP contribution in [-0.2, 0) is 6.54 Å². The van der Waals surface area contributed by atoms with Gasteiger partial charge in [0, 0.05) is 25.0 Å². The van der Waals surface area contributed by atoms with Crippen LogP contribution in [0.25, 0.3) is 0 Å². The predicted molar refractivity (Wildman–Crippen MR) is 89.2 cm³/mol. The molecule has 2 N–H and O–H groups in total. The van der Waals surface area contributed by atoms with Crippen LogP contribution in [0.4, 0.5) is 0 Å². The highest BCUT2D eigenvalue weighted by Gasteiger charge is 2.12. The number of benzene rings is 1. The van der Waals surface area contributed by atoms with Gasteiger partial charge in [-0.2, -0.15) is 0 Å². The largest absolute Gasteiger partial charge is 0.350 e. The summed E-state index contributed by atoms with van der Waals surface area (Å²) >= 11 is 0. The molecule has 2 rings (SSSR count). The minimum absolute atomic E-state index is 0.0290. The van der Waals surface area contributed by atoms with Gasteiger partial charge < -0.3 is 10.6 Å². The molecule has 0 aliphatic heterocycles. The first-order chi connectivity index (χ1) is 11.0. The van der Waals surface area contributed by atoms with Crippen LogP contribution in [-0.4, -0.2) is 22.8 Å². The van der Waals surface area contributed by atoms with Crippen molar-refractivity contribution in [3.05, 3.63) is 65.0 Å². The summed E-state index contributed by atoms with van der Waals surface area (Å²) in [6.45, 7) is 6.20. The van der Waals surface area contributed by atoms with E-state index in [-0.39, 0.29) is 17.9 Å². The molecule has 0 aliphatic rings. The molecule has 2 aromatic rings. The van der Waals surface area contributed by atoms with E-state index in [4.69, 9.17) is 0 Å². The summed E-state index contributed by atoms with van der Waals surface area (Å²) in [4.78, 5) is 28.2. The molecule has 23 heavy (non-hydrogen) atoms. The van der Waals surface area contributed by atoms with Crippen molar-refractivity contribution in [3.63, 3.8) is 0 Å². The second-order valence-electron chi connectivity index (χ2n) is 5.76. The molecule has 0 bridgehead atoms. The molecule has 0 saturated carbocycles. The van der Waals surface area contributed by atoms with Crippen molar-refractivity contribution in [3.8, 4) is 0 Å². The summed E-state index contributed by atoms with van der Waals surface area (Å²) in [5.74, 6) is -0.487. The lowest BCUT2D eigenvalue weighted by Gasteiger charge is -2.09. The zero-order chi connectivity index (χ0) is 16.8. The second kappa shape index (κ2) is 7.54. The van der Waals surface area contributed by atoms with E-state index in [2.05, 4.69) is 15.6 Å². The number of rotatable bonds is 5. The average molecular weight is 311 g/mol. The van der Waals surface area contributed by atoms with Gasteiger partial charge in [0.2, 0.25) is 0 Å². The summed E-state index contributed by atoms with van der Waals surface area (Å²) in [6, 6.07) is 9.52. The number of amides is 2. The fourth-order valence-corrected chi connectivity index (χ4v) is 2.14. The van der Waals surface area contributed by atoms with Crippen LogP contribution < -0.4 is 10.6 Å². The maximum absolute atomic E-state index is 12.2. The first kappa shape index (κ1) is 16.7. The maximum Gasteiger partial charge on any atom is 0.253 e. The molecule has 0 saturated heterocycles. The molecule has 1 aromatic heterocycles. The van der Waals surface area contributed by atoms with Crippen molar-refractivity contribution in [2.45, 2.75) is 33.4 Å². The summed E-state index contributed by atoms with van der Waals surface area (Å²) in [7, 11) is 0. The number of hydrogen-bond acceptors (Lipinski definition) is 3. The Hall–Kier alpha value is -2.69. The van der Waals surface area contributed by atoms with Crippen LogP contribution in [0.3, 0.4) is 0 Å². The van der Waals surface area contributed by atoms with Crippen molar-refractivity contribution in [2.24, 2.45) is 0 Å². The van der Waals surface area contributed by atoms with Crippen LogP contribution in [0.1, 0.15) is 45.7 Å². The molecule has 1 heterocycles. The van der Waals surface area contributed by atoms with Gasteiger partial charge in [0.25, 0.3) is 11.8 Å². The average Bonchev–Trinajstić information content (AvgIpc) is 2.52. The molecule has 2 amide bonds. The van der Waals surface area contributed by atoms with Crippen LogP contribution in [0, 0.1) is 6.92 Å². The van der Waals surface area contributed by atoms with Gasteiger partial charge in [-0.15, -0.1) is 0 Å². The van der Waals surface area contributed by atoms with Crippen LogP contribution >= 0.6 is 0 Å². The summed E-state index contributed by atoms with van der Waals surface area (Å²) < 4.78 is 0. The number of pyridine rings is 1. The highest BCUT2D eigenvalue weighted by molar-refractivity contribution is 5.99. The van der Waals surface area contributed by atoms with E-state index in [0.29, 0.717) is 17.7 Å². The molecule has 1 aromatic carbocycles. The molecule has 0 spiro atoms.